The third-order valence-corrected chi connectivity index (χ3v) is 5.15. The minimum Gasteiger partial charge on any atom is -0.496 e. The number of likely N-dealkylation sites (tertiary alicyclic amines) is 2. The molecule has 20 heavy (non-hydrogen) atoms. The lowest BCUT2D eigenvalue weighted by Crippen LogP contribution is -2.35. The number of hydrogen-bond donors (Lipinski definition) is 0. The third kappa shape index (κ3) is 3.18. The molecule has 0 aliphatic carbocycles. The summed E-state index contributed by atoms with van der Waals surface area (Å²) in [5, 5.41) is 0. The molecule has 4 heteroatoms. The van der Waals surface area contributed by atoms with E-state index in [1.165, 1.54) is 51.0 Å². The van der Waals surface area contributed by atoms with Crippen molar-refractivity contribution in [1.82, 2.24) is 9.80 Å². The monoisotopic (exact) mass is 338 g/mol. The van der Waals surface area contributed by atoms with Crippen molar-refractivity contribution in [3.05, 3.63) is 28.2 Å². The summed E-state index contributed by atoms with van der Waals surface area (Å²) in [5.74, 6) is 0.908. The molecule has 1 unspecified atom stereocenters. The van der Waals surface area contributed by atoms with Gasteiger partial charge in [0.15, 0.2) is 0 Å². The number of benzene rings is 1. The maximum Gasteiger partial charge on any atom is 0.133 e. The number of halogens is 1. The quantitative estimate of drug-likeness (QED) is 0.838. The second-order valence-electron chi connectivity index (χ2n) is 5.89. The first kappa shape index (κ1) is 14.4. The fourth-order valence-corrected chi connectivity index (χ4v) is 4.02. The van der Waals surface area contributed by atoms with Crippen LogP contribution in [0.15, 0.2) is 22.7 Å². The molecule has 3 nitrogen and oxygen atoms in total. The van der Waals surface area contributed by atoms with Gasteiger partial charge in [-0.05, 0) is 66.0 Å². The molecule has 0 saturated carbocycles. The zero-order valence-electron chi connectivity index (χ0n) is 12.1. The highest BCUT2D eigenvalue weighted by Gasteiger charge is 2.29. The molecular weight excluding hydrogens is 316 g/mol. The molecule has 110 valence electrons. The zero-order chi connectivity index (χ0) is 13.9. The zero-order valence-corrected chi connectivity index (χ0v) is 13.7. The molecule has 2 fully saturated rings. The lowest BCUT2D eigenvalue weighted by molar-refractivity contribution is 0.230. The van der Waals surface area contributed by atoms with E-state index in [9.17, 15) is 0 Å². The fraction of sp³-hybridized carbons (Fsp3) is 0.625. The largest absolute Gasteiger partial charge is 0.496 e. The van der Waals surface area contributed by atoms with E-state index < -0.39 is 0 Å². The highest BCUT2D eigenvalue weighted by molar-refractivity contribution is 9.10. The molecule has 2 heterocycles. The predicted octanol–water partition coefficient (Wildman–Crippen LogP) is 3.13. The number of methoxy groups -OCH3 is 1. The van der Waals surface area contributed by atoms with Gasteiger partial charge in [-0.1, -0.05) is 6.07 Å². The average Bonchev–Trinajstić information content (AvgIpc) is 3.09. The topological polar surface area (TPSA) is 15.7 Å². The Morgan fingerprint density at radius 2 is 2.05 bits per heavy atom. The first-order chi connectivity index (χ1) is 9.76. The molecular formula is C16H23BrN2O. The van der Waals surface area contributed by atoms with E-state index in [2.05, 4.69) is 37.9 Å². The third-order valence-electron chi connectivity index (χ3n) is 4.53. The summed E-state index contributed by atoms with van der Waals surface area (Å²) in [4.78, 5) is 5.27. The SMILES string of the molecule is COc1ccc(CN2CCC(N3CCCC3)C2)cc1Br. The fourth-order valence-electron chi connectivity index (χ4n) is 3.43. The summed E-state index contributed by atoms with van der Waals surface area (Å²) in [7, 11) is 1.71. The van der Waals surface area contributed by atoms with Crippen LogP contribution in [0.1, 0.15) is 24.8 Å². The lowest BCUT2D eigenvalue weighted by atomic mass is 10.2. The van der Waals surface area contributed by atoms with Gasteiger partial charge in [-0.25, -0.2) is 0 Å². The van der Waals surface area contributed by atoms with Gasteiger partial charge in [0.25, 0.3) is 0 Å². The van der Waals surface area contributed by atoms with Crippen LogP contribution in [0.3, 0.4) is 0 Å². The van der Waals surface area contributed by atoms with Gasteiger partial charge >= 0.3 is 0 Å². The molecule has 3 rings (SSSR count). The van der Waals surface area contributed by atoms with Crippen molar-refractivity contribution < 1.29 is 4.74 Å². The second-order valence-corrected chi connectivity index (χ2v) is 6.74. The number of hydrogen-bond acceptors (Lipinski definition) is 3. The Morgan fingerprint density at radius 1 is 1.25 bits per heavy atom. The van der Waals surface area contributed by atoms with Crippen LogP contribution < -0.4 is 4.74 Å². The minimum absolute atomic E-state index is 0.791. The molecule has 0 amide bonds. The van der Waals surface area contributed by atoms with E-state index in [0.717, 1.165) is 22.8 Å². The Bertz CT molecular complexity index is 460. The molecule has 0 aromatic heterocycles. The molecule has 0 bridgehead atoms. The Kier molecular flexibility index (Phi) is 4.64. The van der Waals surface area contributed by atoms with E-state index in [0.29, 0.717) is 0 Å². The smallest absolute Gasteiger partial charge is 0.133 e. The van der Waals surface area contributed by atoms with Crippen LogP contribution in [0.4, 0.5) is 0 Å². The molecule has 2 aliphatic heterocycles. The summed E-state index contributed by atoms with van der Waals surface area (Å²) >= 11 is 3.57. The van der Waals surface area contributed by atoms with E-state index in [1.807, 2.05) is 6.07 Å². The Hall–Kier alpha value is -0.580. The number of nitrogens with zero attached hydrogens (tertiary/aromatic N) is 2. The van der Waals surface area contributed by atoms with Crippen molar-refractivity contribution >= 4 is 15.9 Å². The van der Waals surface area contributed by atoms with Gasteiger partial charge in [0.05, 0.1) is 11.6 Å². The molecule has 1 aromatic carbocycles. The Balaban J connectivity index is 1.57. The second kappa shape index (κ2) is 6.46. The van der Waals surface area contributed by atoms with E-state index in [4.69, 9.17) is 4.74 Å². The highest BCUT2D eigenvalue weighted by Crippen LogP contribution is 2.27. The van der Waals surface area contributed by atoms with Crippen molar-refractivity contribution in [1.29, 1.82) is 0 Å². The van der Waals surface area contributed by atoms with Crippen LogP contribution in [0.2, 0.25) is 0 Å². The van der Waals surface area contributed by atoms with Crippen LogP contribution in [0, 0.1) is 0 Å². The van der Waals surface area contributed by atoms with Gasteiger partial charge in [0.2, 0.25) is 0 Å². The van der Waals surface area contributed by atoms with Crippen molar-refractivity contribution in [2.75, 3.05) is 33.3 Å². The highest BCUT2D eigenvalue weighted by atomic mass is 79.9. The summed E-state index contributed by atoms with van der Waals surface area (Å²) in [6.07, 6.45) is 4.11. The molecule has 1 atom stereocenters. The van der Waals surface area contributed by atoms with Gasteiger partial charge in [-0.3, -0.25) is 9.80 Å². The summed E-state index contributed by atoms with van der Waals surface area (Å²) in [6.45, 7) is 6.13. The molecule has 2 saturated heterocycles. The molecule has 1 aromatic rings. The van der Waals surface area contributed by atoms with Gasteiger partial charge in [-0.15, -0.1) is 0 Å². The van der Waals surface area contributed by atoms with Crippen molar-refractivity contribution in [2.24, 2.45) is 0 Å². The molecule has 0 N–H and O–H groups in total. The number of ether oxygens (including phenoxy) is 1. The van der Waals surface area contributed by atoms with Gasteiger partial charge in [0, 0.05) is 25.7 Å². The maximum absolute atomic E-state index is 5.29. The standard InChI is InChI=1S/C16H23BrN2O/c1-20-16-5-4-13(10-15(16)17)11-18-9-6-14(12-18)19-7-2-3-8-19/h4-5,10,14H,2-3,6-9,11-12H2,1H3. The van der Waals surface area contributed by atoms with Crippen LogP contribution >= 0.6 is 15.9 Å². The van der Waals surface area contributed by atoms with E-state index in [1.54, 1.807) is 7.11 Å². The predicted molar refractivity (Wildman–Crippen MR) is 85.2 cm³/mol. The summed E-state index contributed by atoms with van der Waals surface area (Å²) < 4.78 is 6.34. The van der Waals surface area contributed by atoms with Gasteiger partial charge in [0.1, 0.15) is 5.75 Å². The first-order valence-electron chi connectivity index (χ1n) is 7.55. The van der Waals surface area contributed by atoms with Crippen LogP contribution in [-0.2, 0) is 6.54 Å². The lowest BCUT2D eigenvalue weighted by Gasteiger charge is -2.23. The average molecular weight is 339 g/mol. The minimum atomic E-state index is 0.791. The van der Waals surface area contributed by atoms with Crippen LogP contribution in [0.5, 0.6) is 5.75 Å². The van der Waals surface area contributed by atoms with Gasteiger partial charge < -0.3 is 4.74 Å². The van der Waals surface area contributed by atoms with Crippen molar-refractivity contribution in [2.45, 2.75) is 31.8 Å². The first-order valence-corrected chi connectivity index (χ1v) is 8.34. The van der Waals surface area contributed by atoms with E-state index in [-0.39, 0.29) is 0 Å². The molecule has 0 spiro atoms. The van der Waals surface area contributed by atoms with E-state index >= 15 is 0 Å². The summed E-state index contributed by atoms with van der Waals surface area (Å²) in [5.41, 5.74) is 1.36. The maximum atomic E-state index is 5.29. The Labute approximate surface area is 130 Å². The normalized spacial score (nSPS) is 24.4. The number of rotatable bonds is 4. The van der Waals surface area contributed by atoms with Crippen molar-refractivity contribution in [3.63, 3.8) is 0 Å². The molecule has 2 aliphatic rings. The molecule has 0 radical (unpaired) electrons. The van der Waals surface area contributed by atoms with Gasteiger partial charge in [-0.2, -0.15) is 0 Å². The van der Waals surface area contributed by atoms with Crippen LogP contribution in [0.25, 0.3) is 0 Å². The Morgan fingerprint density at radius 3 is 2.75 bits per heavy atom. The van der Waals surface area contributed by atoms with Crippen LogP contribution in [-0.4, -0.2) is 49.1 Å². The van der Waals surface area contributed by atoms with Crippen molar-refractivity contribution in [3.8, 4) is 5.75 Å². The summed E-state index contributed by atoms with van der Waals surface area (Å²) in [6, 6.07) is 7.20.